The van der Waals surface area contributed by atoms with Crippen LogP contribution in [0.4, 0.5) is 24.5 Å². The Morgan fingerprint density at radius 2 is 1.96 bits per heavy atom. The van der Waals surface area contributed by atoms with Crippen LogP contribution in [0, 0.1) is 17.0 Å². The van der Waals surface area contributed by atoms with Gasteiger partial charge in [0.05, 0.1) is 10.5 Å². The number of aryl methyl sites for hydroxylation is 1. The highest BCUT2D eigenvalue weighted by molar-refractivity contribution is 5.91. The molecule has 0 aliphatic carbocycles. The number of aromatic nitrogens is 1. The Bertz CT molecular complexity index is 890. The average molecular weight is 355 g/mol. The Labute approximate surface area is 138 Å². The van der Waals surface area contributed by atoms with Crippen LogP contribution in [0.3, 0.4) is 0 Å². The number of hydrogen-bond acceptors (Lipinski definition) is 4. The minimum absolute atomic E-state index is 0.0994. The van der Waals surface area contributed by atoms with E-state index in [1.54, 1.807) is 0 Å². The summed E-state index contributed by atoms with van der Waals surface area (Å²) in [5.41, 5.74) is -1.57. The van der Waals surface area contributed by atoms with E-state index in [9.17, 15) is 32.9 Å². The first kappa shape index (κ1) is 18.2. The molecule has 1 aromatic heterocycles. The number of carbonyl (C=O) groups is 1. The fourth-order valence-electron chi connectivity index (χ4n) is 2.06. The second kappa shape index (κ2) is 6.75. The number of alkyl halides is 3. The highest BCUT2D eigenvalue weighted by Gasteiger charge is 2.31. The standard InChI is InChI=1S/C15H12F3N3O4/c1-9-2-4-11(6-12(9)21(24)25)19-13(22)8-20-7-10(15(16,17)18)3-5-14(20)23/h2-7H,8H2,1H3,(H,19,22). The molecule has 2 aromatic rings. The maximum absolute atomic E-state index is 12.7. The number of nitro benzene ring substituents is 1. The van der Waals surface area contributed by atoms with Gasteiger partial charge < -0.3 is 9.88 Å². The molecule has 1 N–H and O–H groups in total. The number of amides is 1. The number of nitrogens with zero attached hydrogens (tertiary/aromatic N) is 2. The third-order valence-corrected chi connectivity index (χ3v) is 3.31. The maximum atomic E-state index is 12.7. The first-order chi connectivity index (χ1) is 11.6. The van der Waals surface area contributed by atoms with Gasteiger partial charge in [0.2, 0.25) is 5.91 Å². The highest BCUT2D eigenvalue weighted by atomic mass is 19.4. The summed E-state index contributed by atoms with van der Waals surface area (Å²) in [7, 11) is 0. The van der Waals surface area contributed by atoms with Crippen molar-refractivity contribution in [2.24, 2.45) is 0 Å². The molecule has 0 radical (unpaired) electrons. The van der Waals surface area contributed by atoms with E-state index in [-0.39, 0.29) is 11.4 Å². The van der Waals surface area contributed by atoms with Gasteiger partial charge in [-0.25, -0.2) is 0 Å². The van der Waals surface area contributed by atoms with E-state index < -0.39 is 34.7 Å². The molecule has 1 amide bonds. The molecular formula is C15H12F3N3O4. The molecule has 0 saturated heterocycles. The number of anilines is 1. The largest absolute Gasteiger partial charge is 0.417 e. The van der Waals surface area contributed by atoms with Gasteiger partial charge >= 0.3 is 6.18 Å². The number of carbonyl (C=O) groups excluding carboxylic acids is 1. The van der Waals surface area contributed by atoms with E-state index in [0.717, 1.165) is 6.07 Å². The molecule has 0 aliphatic rings. The van der Waals surface area contributed by atoms with Gasteiger partial charge in [0, 0.05) is 29.6 Å². The van der Waals surface area contributed by atoms with Gasteiger partial charge in [-0.2, -0.15) is 13.2 Å². The Hall–Kier alpha value is -3.17. The van der Waals surface area contributed by atoms with Crippen molar-refractivity contribution in [2.75, 3.05) is 5.32 Å². The highest BCUT2D eigenvalue weighted by Crippen LogP contribution is 2.28. The quantitative estimate of drug-likeness (QED) is 0.674. The van der Waals surface area contributed by atoms with Gasteiger partial charge in [-0.05, 0) is 19.1 Å². The Balaban J connectivity index is 2.20. The lowest BCUT2D eigenvalue weighted by atomic mass is 10.2. The van der Waals surface area contributed by atoms with E-state index in [4.69, 9.17) is 0 Å². The zero-order valence-corrected chi connectivity index (χ0v) is 12.8. The van der Waals surface area contributed by atoms with Crippen molar-refractivity contribution >= 4 is 17.3 Å². The monoisotopic (exact) mass is 355 g/mol. The molecule has 10 heteroatoms. The van der Waals surface area contributed by atoms with Crippen LogP contribution in [0.1, 0.15) is 11.1 Å². The molecule has 2 rings (SSSR count). The predicted molar refractivity (Wildman–Crippen MR) is 82.2 cm³/mol. The van der Waals surface area contributed by atoms with Gasteiger partial charge in [-0.3, -0.25) is 19.7 Å². The van der Waals surface area contributed by atoms with Crippen molar-refractivity contribution in [3.63, 3.8) is 0 Å². The summed E-state index contributed by atoms with van der Waals surface area (Å²) in [5, 5.41) is 13.2. The molecule has 0 unspecified atom stereocenters. The average Bonchev–Trinajstić information content (AvgIpc) is 2.50. The number of rotatable bonds is 4. The lowest BCUT2D eigenvalue weighted by Gasteiger charge is -2.11. The molecule has 132 valence electrons. The number of hydrogen-bond donors (Lipinski definition) is 1. The van der Waals surface area contributed by atoms with Crippen LogP contribution >= 0.6 is 0 Å². The topological polar surface area (TPSA) is 94.2 Å². The molecule has 0 atom stereocenters. The molecule has 0 bridgehead atoms. The zero-order valence-electron chi connectivity index (χ0n) is 12.8. The first-order valence-electron chi connectivity index (χ1n) is 6.90. The maximum Gasteiger partial charge on any atom is 0.417 e. The minimum atomic E-state index is -4.65. The number of pyridine rings is 1. The Morgan fingerprint density at radius 3 is 2.56 bits per heavy atom. The SMILES string of the molecule is Cc1ccc(NC(=O)Cn2cc(C(F)(F)F)ccc2=O)cc1[N+](=O)[O-]. The molecular weight excluding hydrogens is 343 g/mol. The summed E-state index contributed by atoms with van der Waals surface area (Å²) < 4.78 is 38.6. The van der Waals surface area contributed by atoms with E-state index in [1.807, 2.05) is 0 Å². The predicted octanol–water partition coefficient (Wildman–Crippen LogP) is 2.72. The van der Waals surface area contributed by atoms with Crippen LogP contribution in [0.5, 0.6) is 0 Å². The molecule has 7 nitrogen and oxygen atoms in total. The summed E-state index contributed by atoms with van der Waals surface area (Å²) >= 11 is 0. The molecule has 0 aliphatic heterocycles. The molecule has 1 heterocycles. The van der Waals surface area contributed by atoms with Crippen LogP contribution in [0.25, 0.3) is 0 Å². The smallest absolute Gasteiger partial charge is 0.324 e. The molecule has 25 heavy (non-hydrogen) atoms. The molecule has 1 aromatic carbocycles. The van der Waals surface area contributed by atoms with Crippen LogP contribution in [0.2, 0.25) is 0 Å². The van der Waals surface area contributed by atoms with Gasteiger partial charge in [0.15, 0.2) is 0 Å². The third kappa shape index (κ3) is 4.43. The van der Waals surface area contributed by atoms with Crippen molar-refractivity contribution in [3.05, 3.63) is 68.1 Å². The van der Waals surface area contributed by atoms with Crippen molar-refractivity contribution < 1.29 is 22.9 Å². The summed E-state index contributed by atoms with van der Waals surface area (Å²) in [6, 6.07) is 5.30. The van der Waals surface area contributed by atoms with Crippen molar-refractivity contribution in [1.29, 1.82) is 0 Å². The summed E-state index contributed by atoms with van der Waals surface area (Å²) in [6.45, 7) is 0.857. The second-order valence-corrected chi connectivity index (χ2v) is 5.19. The van der Waals surface area contributed by atoms with Gasteiger partial charge in [-0.1, -0.05) is 6.07 Å². The Kier molecular flexibility index (Phi) is 4.91. The summed E-state index contributed by atoms with van der Waals surface area (Å²) in [5.74, 6) is -0.792. The molecule has 0 fully saturated rings. The normalized spacial score (nSPS) is 11.2. The van der Waals surface area contributed by atoms with Crippen LogP contribution in [0.15, 0.2) is 41.3 Å². The third-order valence-electron chi connectivity index (χ3n) is 3.31. The van der Waals surface area contributed by atoms with E-state index in [1.165, 1.54) is 19.1 Å². The van der Waals surface area contributed by atoms with Gasteiger partial charge in [-0.15, -0.1) is 0 Å². The van der Waals surface area contributed by atoms with E-state index in [2.05, 4.69) is 5.32 Å². The second-order valence-electron chi connectivity index (χ2n) is 5.19. The van der Waals surface area contributed by atoms with Gasteiger partial charge in [0.1, 0.15) is 6.54 Å². The first-order valence-corrected chi connectivity index (χ1v) is 6.90. The fraction of sp³-hybridized carbons (Fsp3) is 0.200. The summed E-state index contributed by atoms with van der Waals surface area (Å²) in [6.07, 6.45) is -4.11. The summed E-state index contributed by atoms with van der Waals surface area (Å²) in [4.78, 5) is 33.8. The minimum Gasteiger partial charge on any atom is -0.324 e. The van der Waals surface area contributed by atoms with E-state index in [0.29, 0.717) is 28.5 Å². The van der Waals surface area contributed by atoms with Crippen molar-refractivity contribution in [1.82, 2.24) is 4.57 Å². The number of nitrogens with one attached hydrogen (secondary N) is 1. The molecule has 0 spiro atoms. The van der Waals surface area contributed by atoms with E-state index >= 15 is 0 Å². The van der Waals surface area contributed by atoms with Crippen molar-refractivity contribution in [3.8, 4) is 0 Å². The van der Waals surface area contributed by atoms with Crippen molar-refractivity contribution in [2.45, 2.75) is 19.6 Å². The molecule has 0 saturated carbocycles. The number of benzene rings is 1. The fourth-order valence-corrected chi connectivity index (χ4v) is 2.06. The van der Waals surface area contributed by atoms with Gasteiger partial charge in [0.25, 0.3) is 11.2 Å². The number of halogens is 3. The van der Waals surface area contributed by atoms with Crippen LogP contribution < -0.4 is 10.9 Å². The lowest BCUT2D eigenvalue weighted by molar-refractivity contribution is -0.385. The van der Waals surface area contributed by atoms with Crippen LogP contribution in [-0.4, -0.2) is 15.4 Å². The van der Waals surface area contributed by atoms with Crippen LogP contribution in [-0.2, 0) is 17.5 Å². The Morgan fingerprint density at radius 1 is 1.28 bits per heavy atom. The number of nitro groups is 1. The zero-order chi connectivity index (χ0) is 18.8. The lowest BCUT2D eigenvalue weighted by Crippen LogP contribution is -2.28.